The first kappa shape index (κ1) is 23.4. The summed E-state index contributed by atoms with van der Waals surface area (Å²) in [6.45, 7) is -0.552. The van der Waals surface area contributed by atoms with Gasteiger partial charge in [-0.2, -0.15) is 0 Å². The van der Waals surface area contributed by atoms with Crippen LogP contribution in [0.4, 0.5) is 0 Å². The molecule has 12 heteroatoms. The lowest BCUT2D eigenvalue weighted by Crippen LogP contribution is -2.56. The van der Waals surface area contributed by atoms with E-state index in [9.17, 15) is 50.8 Å². The Balaban J connectivity index is 1.94. The highest BCUT2D eigenvalue weighted by Gasteiger charge is 2.44. The number of ether oxygens (including phenoxy) is 1. The van der Waals surface area contributed by atoms with Crippen LogP contribution in [0, 0.1) is 5.92 Å². The average Bonchev–Trinajstić information content (AvgIpc) is 2.78. The predicted octanol–water partition coefficient (Wildman–Crippen LogP) is -0.170. The standard InChI is InChI=1S/C22H22O12/c23-6-8-3-14(18(30)20(32)16(8)28)34-22-19(31)15-10(25)4-9(24)5-13(15)33-21(22)7-1-11(26)17(29)12(27)2-7/h1-2,4-5,8,14,16,18,20,23-30,32H,3,6H2/t8-,14-,16-,18+,20+/m1/s1. The first-order chi connectivity index (χ1) is 16.0. The third kappa shape index (κ3) is 3.82. The second-order valence-electron chi connectivity index (χ2n) is 8.10. The Morgan fingerprint density at radius 2 is 1.53 bits per heavy atom. The summed E-state index contributed by atoms with van der Waals surface area (Å²) < 4.78 is 11.4. The zero-order chi connectivity index (χ0) is 24.9. The van der Waals surface area contributed by atoms with Gasteiger partial charge in [0.25, 0.3) is 0 Å². The number of aliphatic hydroxyl groups is 4. The molecule has 3 aromatic rings. The summed E-state index contributed by atoms with van der Waals surface area (Å²) in [6.07, 6.45) is -6.35. The van der Waals surface area contributed by atoms with Crippen LogP contribution in [0.15, 0.2) is 33.5 Å². The van der Waals surface area contributed by atoms with Crippen molar-refractivity contribution in [1.82, 2.24) is 0 Å². The Morgan fingerprint density at radius 1 is 0.882 bits per heavy atom. The zero-order valence-corrected chi connectivity index (χ0v) is 17.4. The molecule has 0 spiro atoms. The minimum atomic E-state index is -1.71. The number of hydrogen-bond donors (Lipinski definition) is 9. The van der Waals surface area contributed by atoms with E-state index in [0.717, 1.165) is 24.3 Å². The maximum absolute atomic E-state index is 13.3. The van der Waals surface area contributed by atoms with Gasteiger partial charge in [-0.1, -0.05) is 0 Å². The van der Waals surface area contributed by atoms with Gasteiger partial charge in [0.2, 0.25) is 11.2 Å². The Bertz CT molecular complexity index is 1270. The van der Waals surface area contributed by atoms with Gasteiger partial charge in [0.1, 0.15) is 40.8 Å². The molecule has 9 N–H and O–H groups in total. The molecule has 1 saturated carbocycles. The molecular weight excluding hydrogens is 456 g/mol. The number of aliphatic hydroxyl groups excluding tert-OH is 4. The summed E-state index contributed by atoms with van der Waals surface area (Å²) in [4.78, 5) is 13.3. The summed E-state index contributed by atoms with van der Waals surface area (Å²) in [5.74, 6) is -5.37. The van der Waals surface area contributed by atoms with Crippen molar-refractivity contribution in [3.63, 3.8) is 0 Å². The van der Waals surface area contributed by atoms with E-state index in [1.807, 2.05) is 0 Å². The highest BCUT2D eigenvalue weighted by molar-refractivity contribution is 5.88. The number of hydrogen-bond acceptors (Lipinski definition) is 12. The molecule has 0 radical (unpaired) electrons. The molecule has 1 aromatic heterocycles. The first-order valence-electron chi connectivity index (χ1n) is 10.1. The molecule has 0 saturated heterocycles. The molecule has 0 aliphatic heterocycles. The quantitative estimate of drug-likeness (QED) is 0.223. The van der Waals surface area contributed by atoms with Crippen molar-refractivity contribution in [3.05, 3.63) is 34.5 Å². The van der Waals surface area contributed by atoms with E-state index < -0.39 is 88.0 Å². The largest absolute Gasteiger partial charge is 0.508 e. The summed E-state index contributed by atoms with van der Waals surface area (Å²) in [6, 6.07) is 3.81. The van der Waals surface area contributed by atoms with E-state index in [1.165, 1.54) is 0 Å². The summed E-state index contributed by atoms with van der Waals surface area (Å²) >= 11 is 0. The summed E-state index contributed by atoms with van der Waals surface area (Å²) in [5, 5.41) is 89.2. The molecule has 1 fully saturated rings. The van der Waals surface area contributed by atoms with Crippen molar-refractivity contribution in [1.29, 1.82) is 0 Å². The van der Waals surface area contributed by atoms with Gasteiger partial charge in [0, 0.05) is 30.2 Å². The van der Waals surface area contributed by atoms with Gasteiger partial charge in [0.05, 0.1) is 6.10 Å². The fraction of sp³-hybridized carbons (Fsp3) is 0.318. The van der Waals surface area contributed by atoms with Gasteiger partial charge < -0.3 is 55.1 Å². The molecule has 12 nitrogen and oxygen atoms in total. The van der Waals surface area contributed by atoms with E-state index >= 15 is 0 Å². The maximum Gasteiger partial charge on any atom is 0.239 e. The maximum atomic E-state index is 13.3. The SMILES string of the molecule is O=c1c(O[C@@H]2C[C@H](CO)[C@@H](O)[C@H](O)[C@H]2O)c(-c2cc(O)c(O)c(O)c2)oc2cc(O)cc(O)c12. The molecule has 0 unspecified atom stereocenters. The van der Waals surface area contributed by atoms with Crippen LogP contribution in [0.2, 0.25) is 0 Å². The van der Waals surface area contributed by atoms with Crippen molar-refractivity contribution >= 4 is 11.0 Å². The Morgan fingerprint density at radius 3 is 2.15 bits per heavy atom. The molecule has 1 aliphatic rings. The van der Waals surface area contributed by atoms with Crippen molar-refractivity contribution in [2.75, 3.05) is 6.61 Å². The van der Waals surface area contributed by atoms with Crippen molar-refractivity contribution in [2.45, 2.75) is 30.8 Å². The molecule has 1 aliphatic carbocycles. The predicted molar refractivity (Wildman–Crippen MR) is 114 cm³/mol. The molecule has 0 amide bonds. The molecule has 2 aromatic carbocycles. The van der Waals surface area contributed by atoms with Gasteiger partial charge in [-0.15, -0.1) is 0 Å². The normalized spacial score (nSPS) is 24.9. The van der Waals surface area contributed by atoms with Crippen LogP contribution in [-0.2, 0) is 0 Å². The van der Waals surface area contributed by atoms with E-state index in [1.54, 1.807) is 0 Å². The number of fused-ring (bicyclic) bond motifs is 1. The van der Waals surface area contributed by atoms with Gasteiger partial charge in [-0.3, -0.25) is 4.79 Å². The van der Waals surface area contributed by atoms with Gasteiger partial charge in [0.15, 0.2) is 23.0 Å². The van der Waals surface area contributed by atoms with Crippen LogP contribution in [0.1, 0.15) is 6.42 Å². The van der Waals surface area contributed by atoms with Crippen LogP contribution >= 0.6 is 0 Å². The average molecular weight is 478 g/mol. The van der Waals surface area contributed by atoms with E-state index in [0.29, 0.717) is 0 Å². The fourth-order valence-electron chi connectivity index (χ4n) is 4.03. The Kier molecular flexibility index (Phi) is 5.91. The molecule has 182 valence electrons. The monoisotopic (exact) mass is 478 g/mol. The fourth-order valence-corrected chi connectivity index (χ4v) is 4.03. The second-order valence-corrected chi connectivity index (χ2v) is 8.10. The van der Waals surface area contributed by atoms with Crippen LogP contribution in [0.25, 0.3) is 22.3 Å². The van der Waals surface area contributed by atoms with Crippen LogP contribution in [0.5, 0.6) is 34.5 Å². The number of benzene rings is 2. The molecule has 4 rings (SSSR count). The van der Waals surface area contributed by atoms with Gasteiger partial charge in [-0.05, 0) is 18.6 Å². The van der Waals surface area contributed by atoms with Crippen LogP contribution in [-0.4, -0.2) is 77.0 Å². The lowest BCUT2D eigenvalue weighted by atomic mass is 9.81. The molecule has 34 heavy (non-hydrogen) atoms. The molecule has 5 atom stereocenters. The summed E-state index contributed by atoms with van der Waals surface area (Å²) in [7, 11) is 0. The summed E-state index contributed by atoms with van der Waals surface area (Å²) in [5.41, 5.74) is -1.41. The smallest absolute Gasteiger partial charge is 0.239 e. The van der Waals surface area contributed by atoms with Gasteiger partial charge in [-0.25, -0.2) is 0 Å². The third-order valence-corrected chi connectivity index (χ3v) is 5.85. The molecular formula is C22H22O12. The number of phenols is 5. The minimum absolute atomic E-state index is 0.158. The topological polar surface area (TPSA) is 222 Å². The minimum Gasteiger partial charge on any atom is -0.508 e. The Labute approximate surface area is 190 Å². The molecule has 1 heterocycles. The number of rotatable bonds is 4. The third-order valence-electron chi connectivity index (χ3n) is 5.85. The molecule has 0 bridgehead atoms. The highest BCUT2D eigenvalue weighted by Crippen LogP contribution is 2.43. The Hall–Kier alpha value is -3.71. The van der Waals surface area contributed by atoms with E-state index in [4.69, 9.17) is 9.15 Å². The zero-order valence-electron chi connectivity index (χ0n) is 17.4. The van der Waals surface area contributed by atoms with Crippen LogP contribution in [0.3, 0.4) is 0 Å². The lowest BCUT2D eigenvalue weighted by molar-refractivity contribution is -0.157. The lowest BCUT2D eigenvalue weighted by Gasteiger charge is -2.39. The van der Waals surface area contributed by atoms with Crippen LogP contribution < -0.4 is 10.2 Å². The first-order valence-corrected chi connectivity index (χ1v) is 10.1. The second kappa shape index (κ2) is 8.57. The number of aromatic hydroxyl groups is 5. The van der Waals surface area contributed by atoms with Crippen molar-refractivity contribution in [3.8, 4) is 45.8 Å². The van der Waals surface area contributed by atoms with Gasteiger partial charge >= 0.3 is 0 Å². The van der Waals surface area contributed by atoms with Crippen molar-refractivity contribution in [2.24, 2.45) is 5.92 Å². The van der Waals surface area contributed by atoms with E-state index in [-0.39, 0.29) is 17.6 Å². The number of phenolic OH excluding ortho intramolecular Hbond substituents is 5. The van der Waals surface area contributed by atoms with Crippen molar-refractivity contribution < 1.29 is 55.1 Å². The highest BCUT2D eigenvalue weighted by atomic mass is 16.5. The van der Waals surface area contributed by atoms with E-state index in [2.05, 4.69) is 0 Å².